The molecule has 0 spiro atoms. The molecule has 0 N–H and O–H groups in total. The highest BCUT2D eigenvalue weighted by atomic mass is 15.0. The number of nitrogens with zero attached hydrogens (tertiary/aromatic N) is 4. The van der Waals surface area contributed by atoms with Crippen LogP contribution in [0.2, 0.25) is 0 Å². The Balaban J connectivity index is 1.19. The molecule has 11 rings (SSSR count). The number of fused-ring (bicyclic) bond motifs is 7. The average Bonchev–Trinajstić information content (AvgIpc) is 3.31. The molecule has 2 aromatic heterocycles. The lowest BCUT2D eigenvalue weighted by atomic mass is 9.88. The minimum absolute atomic E-state index is 0.614. The highest BCUT2D eigenvalue weighted by molar-refractivity contribution is 6.28. The van der Waals surface area contributed by atoms with Crippen molar-refractivity contribution in [3.63, 3.8) is 0 Å². The van der Waals surface area contributed by atoms with E-state index in [1.165, 1.54) is 32.3 Å². The van der Waals surface area contributed by atoms with E-state index in [1.54, 1.807) is 0 Å². The zero-order chi connectivity index (χ0) is 38.4. The minimum atomic E-state index is 0.614. The van der Waals surface area contributed by atoms with Crippen LogP contribution in [0.4, 0.5) is 0 Å². The van der Waals surface area contributed by atoms with Crippen molar-refractivity contribution >= 4 is 43.2 Å². The molecule has 0 saturated heterocycles. The van der Waals surface area contributed by atoms with Crippen LogP contribution in [0.25, 0.3) is 111 Å². The second-order valence-corrected chi connectivity index (χ2v) is 14.6. The van der Waals surface area contributed by atoms with E-state index in [0.29, 0.717) is 17.5 Å². The fourth-order valence-corrected chi connectivity index (χ4v) is 8.43. The first-order valence-corrected chi connectivity index (χ1v) is 19.5. The fourth-order valence-electron chi connectivity index (χ4n) is 8.43. The molecule has 0 aliphatic carbocycles. The van der Waals surface area contributed by atoms with Crippen LogP contribution in [0.1, 0.15) is 0 Å². The van der Waals surface area contributed by atoms with E-state index in [0.717, 1.165) is 61.0 Å². The van der Waals surface area contributed by atoms with Gasteiger partial charge in [0.15, 0.2) is 17.5 Å². The van der Waals surface area contributed by atoms with Crippen molar-refractivity contribution in [2.24, 2.45) is 0 Å². The van der Waals surface area contributed by atoms with Crippen LogP contribution >= 0.6 is 0 Å². The Morgan fingerprint density at radius 1 is 0.259 bits per heavy atom. The summed E-state index contributed by atoms with van der Waals surface area (Å²) in [7, 11) is 0. The van der Waals surface area contributed by atoms with Crippen LogP contribution in [0.3, 0.4) is 0 Å². The lowest BCUT2D eigenvalue weighted by Gasteiger charge is -2.17. The third-order valence-electron chi connectivity index (χ3n) is 11.1. The summed E-state index contributed by atoms with van der Waals surface area (Å²) < 4.78 is 0. The molecule has 0 bridgehead atoms. The smallest absolute Gasteiger partial charge is 0.164 e. The summed E-state index contributed by atoms with van der Waals surface area (Å²) in [4.78, 5) is 20.0. The molecule has 0 radical (unpaired) electrons. The second-order valence-electron chi connectivity index (χ2n) is 14.6. The van der Waals surface area contributed by atoms with Gasteiger partial charge in [-0.25, -0.2) is 15.0 Å². The first kappa shape index (κ1) is 33.5. The van der Waals surface area contributed by atoms with E-state index >= 15 is 0 Å². The number of pyridine rings is 1. The van der Waals surface area contributed by atoms with Crippen molar-refractivity contribution in [1.82, 2.24) is 19.9 Å². The molecule has 0 atom stereocenters. The van der Waals surface area contributed by atoms with Gasteiger partial charge in [0.25, 0.3) is 0 Å². The van der Waals surface area contributed by atoms with Crippen molar-refractivity contribution in [1.29, 1.82) is 0 Å². The van der Waals surface area contributed by atoms with Gasteiger partial charge in [-0.2, -0.15) is 0 Å². The molecular weight excluding hydrogens is 705 g/mol. The van der Waals surface area contributed by atoms with E-state index in [1.807, 2.05) is 48.7 Å². The average molecular weight is 739 g/mol. The molecule has 11 aromatic rings. The molecular formula is C54H34N4. The van der Waals surface area contributed by atoms with Gasteiger partial charge in [0.2, 0.25) is 0 Å². The van der Waals surface area contributed by atoms with Crippen molar-refractivity contribution in [3.05, 3.63) is 206 Å². The maximum atomic E-state index is 5.19. The van der Waals surface area contributed by atoms with Gasteiger partial charge in [0, 0.05) is 28.3 Å². The maximum absolute atomic E-state index is 5.19. The monoisotopic (exact) mass is 738 g/mol. The van der Waals surface area contributed by atoms with Gasteiger partial charge in [-0.1, -0.05) is 164 Å². The summed E-state index contributed by atoms with van der Waals surface area (Å²) in [5, 5.41) is 8.53. The van der Waals surface area contributed by atoms with Crippen LogP contribution < -0.4 is 0 Å². The van der Waals surface area contributed by atoms with Crippen molar-refractivity contribution in [2.45, 2.75) is 0 Å². The number of aromatic nitrogens is 4. The molecule has 0 unspecified atom stereocenters. The van der Waals surface area contributed by atoms with E-state index < -0.39 is 0 Å². The van der Waals surface area contributed by atoms with Crippen LogP contribution in [0.5, 0.6) is 0 Å². The number of benzene rings is 9. The Labute approximate surface area is 335 Å². The van der Waals surface area contributed by atoms with Crippen molar-refractivity contribution in [2.75, 3.05) is 0 Å². The first-order valence-electron chi connectivity index (χ1n) is 19.5. The molecule has 2 heterocycles. The lowest BCUT2D eigenvalue weighted by molar-refractivity contribution is 1.07. The van der Waals surface area contributed by atoms with Gasteiger partial charge < -0.3 is 0 Å². The van der Waals surface area contributed by atoms with E-state index in [9.17, 15) is 0 Å². The predicted molar refractivity (Wildman–Crippen MR) is 240 cm³/mol. The van der Waals surface area contributed by atoms with Crippen LogP contribution in [-0.4, -0.2) is 19.9 Å². The summed E-state index contributed by atoms with van der Waals surface area (Å²) in [6.07, 6.45) is 1.85. The fraction of sp³-hybridized carbons (Fsp3) is 0. The lowest BCUT2D eigenvalue weighted by Crippen LogP contribution is -2.00. The van der Waals surface area contributed by atoms with Crippen LogP contribution in [0.15, 0.2) is 206 Å². The van der Waals surface area contributed by atoms with Crippen molar-refractivity contribution < 1.29 is 0 Å². The molecule has 58 heavy (non-hydrogen) atoms. The topological polar surface area (TPSA) is 51.6 Å². The zero-order valence-corrected chi connectivity index (χ0v) is 31.4. The third kappa shape index (κ3) is 5.87. The Hall–Kier alpha value is -7.82. The van der Waals surface area contributed by atoms with Gasteiger partial charge >= 0.3 is 0 Å². The standard InChI is InChI=1S/C54H34N4/c1-3-15-35(16-4-1)52-56-53(36-17-5-2-6-18-36)58-54(57-52)41-33-39(37-19-11-20-38(31-37)42-25-13-29-50-47(42)28-14-30-55-50)32-40(34-41)43-26-12-27-49-46-22-8-7-21-44(46)45-23-9-10-24-48(45)51(43)49/h1-34H. The summed E-state index contributed by atoms with van der Waals surface area (Å²) in [5.41, 5.74) is 10.4. The summed E-state index contributed by atoms with van der Waals surface area (Å²) in [6.45, 7) is 0. The van der Waals surface area contributed by atoms with E-state index in [4.69, 9.17) is 15.0 Å². The molecule has 0 aliphatic rings. The third-order valence-corrected chi connectivity index (χ3v) is 11.1. The molecule has 4 heteroatoms. The number of hydrogen-bond donors (Lipinski definition) is 0. The van der Waals surface area contributed by atoms with Gasteiger partial charge in [-0.15, -0.1) is 0 Å². The molecule has 4 nitrogen and oxygen atoms in total. The van der Waals surface area contributed by atoms with Gasteiger partial charge in [-0.05, 0) is 102 Å². The normalized spacial score (nSPS) is 11.4. The van der Waals surface area contributed by atoms with Gasteiger partial charge in [0.1, 0.15) is 0 Å². The summed E-state index contributed by atoms with van der Waals surface area (Å²) >= 11 is 0. The summed E-state index contributed by atoms with van der Waals surface area (Å²) in [6, 6.07) is 70.6. The maximum Gasteiger partial charge on any atom is 0.164 e. The molecule has 0 saturated carbocycles. The predicted octanol–water partition coefficient (Wildman–Crippen LogP) is 13.9. The van der Waals surface area contributed by atoms with E-state index in [-0.39, 0.29) is 0 Å². The Morgan fingerprint density at radius 2 is 0.707 bits per heavy atom. The Bertz CT molecular complexity index is 3230. The van der Waals surface area contributed by atoms with Crippen LogP contribution in [0, 0.1) is 0 Å². The molecule has 0 amide bonds. The summed E-state index contributed by atoms with van der Waals surface area (Å²) in [5.74, 6) is 1.87. The molecule has 0 aliphatic heterocycles. The molecule has 0 fully saturated rings. The van der Waals surface area contributed by atoms with Gasteiger partial charge in [-0.3, -0.25) is 4.98 Å². The minimum Gasteiger partial charge on any atom is -0.256 e. The second kappa shape index (κ2) is 14.0. The molecule has 9 aromatic carbocycles. The Kier molecular flexibility index (Phi) is 8.11. The highest BCUT2D eigenvalue weighted by Crippen LogP contribution is 2.42. The SMILES string of the molecule is c1ccc(-c2nc(-c3ccccc3)nc(-c3cc(-c4cccc(-c5cccc6ncccc56)c4)cc(-c4cccc5c6ccccc6c6ccccc6c45)c3)n2)cc1. The van der Waals surface area contributed by atoms with Crippen LogP contribution in [-0.2, 0) is 0 Å². The molecule has 270 valence electrons. The zero-order valence-electron chi connectivity index (χ0n) is 31.4. The number of rotatable bonds is 6. The van der Waals surface area contributed by atoms with E-state index in [2.05, 4.69) is 163 Å². The quantitative estimate of drug-likeness (QED) is 0.159. The largest absolute Gasteiger partial charge is 0.256 e. The number of hydrogen-bond acceptors (Lipinski definition) is 4. The van der Waals surface area contributed by atoms with Crippen molar-refractivity contribution in [3.8, 4) is 67.5 Å². The Morgan fingerprint density at radius 3 is 1.40 bits per heavy atom. The van der Waals surface area contributed by atoms with Gasteiger partial charge in [0.05, 0.1) is 5.52 Å². The highest BCUT2D eigenvalue weighted by Gasteiger charge is 2.18. The first-order chi connectivity index (χ1) is 28.7.